The van der Waals surface area contributed by atoms with Crippen LogP contribution in [0.4, 0.5) is 0 Å². The van der Waals surface area contributed by atoms with Crippen LogP contribution in [0, 0.1) is 17.9 Å². The van der Waals surface area contributed by atoms with Crippen molar-refractivity contribution in [1.29, 1.82) is 0 Å². The van der Waals surface area contributed by atoms with Gasteiger partial charge in [0, 0.05) is 23.4 Å². The molecule has 0 aromatic heterocycles. The second-order valence-corrected chi connectivity index (χ2v) is 7.63. The molecule has 0 aliphatic heterocycles. The molecule has 0 radical (unpaired) electrons. The second kappa shape index (κ2) is 5.79. The van der Waals surface area contributed by atoms with Crippen LogP contribution in [0.2, 0.25) is 0 Å². The molecule has 0 spiro atoms. The van der Waals surface area contributed by atoms with E-state index in [1.54, 1.807) is 0 Å². The number of carbonyl (C=O) groups excluding carboxylic acids is 1. The predicted molar refractivity (Wildman–Crippen MR) is 94.4 cm³/mol. The molecule has 2 nitrogen and oxygen atoms in total. The van der Waals surface area contributed by atoms with Crippen LogP contribution in [0.25, 0.3) is 0 Å². The van der Waals surface area contributed by atoms with Crippen LogP contribution < -0.4 is 5.11 Å². The molecule has 1 aromatic carbocycles. The van der Waals surface area contributed by atoms with E-state index in [-0.39, 0.29) is 0 Å². The fourth-order valence-corrected chi connectivity index (χ4v) is 5.99. The maximum Gasteiger partial charge on any atom is 0.0737 e. The molecular formula is C7I5O2-. The predicted octanol–water partition coefficient (Wildman–Crippen LogP) is 3.07. The minimum atomic E-state index is -1.11. The van der Waals surface area contributed by atoms with Crippen molar-refractivity contribution in [3.8, 4) is 0 Å². The van der Waals surface area contributed by atoms with Crippen LogP contribution in [-0.4, -0.2) is 5.97 Å². The standard InChI is InChI=1S/C7HI5O2/c8-2-1(7(13)14)3(9)5(11)6(12)4(2)10/h(H,13,14)/p-1. The Kier molecular flexibility index (Phi) is 5.96. The summed E-state index contributed by atoms with van der Waals surface area (Å²) in [5.74, 6) is -1.11. The van der Waals surface area contributed by atoms with Gasteiger partial charge >= 0.3 is 0 Å². The summed E-state index contributed by atoms with van der Waals surface area (Å²) in [6.45, 7) is 0. The van der Waals surface area contributed by atoms with Gasteiger partial charge in [-0.1, -0.05) is 0 Å². The van der Waals surface area contributed by atoms with Crippen LogP contribution >= 0.6 is 113 Å². The number of carboxylic acid groups (broad SMARTS) is 1. The summed E-state index contributed by atoms with van der Waals surface area (Å²) < 4.78 is 4.58. The number of halogens is 5. The molecule has 0 heterocycles. The quantitative estimate of drug-likeness (QED) is 0.252. The summed E-state index contributed by atoms with van der Waals surface area (Å²) in [5.41, 5.74) is 0.306. The lowest BCUT2D eigenvalue weighted by atomic mass is 10.2. The minimum absolute atomic E-state index is 0.306. The number of hydrogen-bond donors (Lipinski definition) is 0. The molecule has 0 aliphatic rings. The van der Waals surface area contributed by atoms with Crippen molar-refractivity contribution in [1.82, 2.24) is 0 Å². The van der Waals surface area contributed by atoms with Crippen molar-refractivity contribution < 1.29 is 9.90 Å². The molecule has 0 saturated carbocycles. The van der Waals surface area contributed by atoms with E-state index in [1.165, 1.54) is 0 Å². The summed E-state index contributed by atoms with van der Waals surface area (Å²) in [7, 11) is 0. The molecule has 0 aliphatic carbocycles. The van der Waals surface area contributed by atoms with Crippen molar-refractivity contribution in [2.24, 2.45) is 0 Å². The molecule has 0 amide bonds. The summed E-state index contributed by atoms with van der Waals surface area (Å²) in [6.07, 6.45) is 0. The van der Waals surface area contributed by atoms with Crippen LogP contribution in [0.15, 0.2) is 0 Å². The molecule has 0 N–H and O–H groups in total. The molecular weight excluding hydrogens is 751 g/mol. The van der Waals surface area contributed by atoms with Crippen LogP contribution in [0.1, 0.15) is 10.4 Å². The lowest BCUT2D eigenvalue weighted by molar-refractivity contribution is -0.255. The Balaban J connectivity index is 3.68. The Labute approximate surface area is 149 Å². The van der Waals surface area contributed by atoms with E-state index in [4.69, 9.17) is 0 Å². The fraction of sp³-hybridized carbons (Fsp3) is 0. The van der Waals surface area contributed by atoms with Crippen LogP contribution in [0.5, 0.6) is 0 Å². The Bertz CT molecular complexity index is 386. The van der Waals surface area contributed by atoms with Gasteiger partial charge in [-0.05, 0) is 113 Å². The Morgan fingerprint density at radius 1 is 0.786 bits per heavy atom. The highest BCUT2D eigenvalue weighted by Crippen LogP contribution is 2.33. The van der Waals surface area contributed by atoms with Gasteiger partial charge in [0.25, 0.3) is 0 Å². The highest BCUT2D eigenvalue weighted by molar-refractivity contribution is 14.1. The van der Waals surface area contributed by atoms with Gasteiger partial charge in [-0.15, -0.1) is 0 Å². The molecule has 1 rings (SSSR count). The maximum atomic E-state index is 10.9. The van der Waals surface area contributed by atoms with Gasteiger partial charge in [0.2, 0.25) is 0 Å². The normalized spacial score (nSPS) is 10.4. The molecule has 0 unspecified atom stereocenters. The van der Waals surface area contributed by atoms with Crippen molar-refractivity contribution in [2.45, 2.75) is 0 Å². The van der Waals surface area contributed by atoms with Crippen LogP contribution in [-0.2, 0) is 0 Å². The van der Waals surface area contributed by atoms with Crippen molar-refractivity contribution >= 4 is 119 Å². The number of hydrogen-bond acceptors (Lipinski definition) is 2. The molecule has 1 aromatic rings. The van der Waals surface area contributed by atoms with E-state index >= 15 is 0 Å². The van der Waals surface area contributed by atoms with E-state index in [2.05, 4.69) is 67.8 Å². The van der Waals surface area contributed by atoms with Gasteiger partial charge in [-0.25, -0.2) is 0 Å². The number of rotatable bonds is 1. The second-order valence-electron chi connectivity index (χ2n) is 2.23. The molecule has 7 heteroatoms. The summed E-state index contributed by atoms with van der Waals surface area (Å²) in [4.78, 5) is 10.9. The van der Waals surface area contributed by atoms with E-state index in [0.717, 1.165) is 17.9 Å². The first-order valence-corrected chi connectivity index (χ1v) is 8.50. The zero-order valence-electron chi connectivity index (χ0n) is 6.21. The molecule has 0 atom stereocenters. The monoisotopic (exact) mass is 751 g/mol. The summed E-state index contributed by atoms with van der Waals surface area (Å²) in [5, 5.41) is 10.9. The Morgan fingerprint density at radius 2 is 1.07 bits per heavy atom. The van der Waals surface area contributed by atoms with Crippen molar-refractivity contribution in [2.75, 3.05) is 0 Å². The largest absolute Gasteiger partial charge is 0.545 e. The van der Waals surface area contributed by atoms with Gasteiger partial charge < -0.3 is 9.90 Å². The fourth-order valence-electron chi connectivity index (χ4n) is 0.784. The van der Waals surface area contributed by atoms with E-state index in [9.17, 15) is 9.90 Å². The highest BCUT2D eigenvalue weighted by atomic mass is 127. The highest BCUT2D eigenvalue weighted by Gasteiger charge is 2.17. The minimum Gasteiger partial charge on any atom is -0.545 e. The third-order valence-electron chi connectivity index (χ3n) is 1.41. The van der Waals surface area contributed by atoms with Crippen molar-refractivity contribution in [3.05, 3.63) is 23.4 Å². The first-order chi connectivity index (χ1) is 6.37. The topological polar surface area (TPSA) is 40.1 Å². The Morgan fingerprint density at radius 3 is 1.36 bits per heavy atom. The third-order valence-corrected chi connectivity index (χ3v) is 10.9. The van der Waals surface area contributed by atoms with Gasteiger partial charge in [0.05, 0.1) is 5.97 Å². The van der Waals surface area contributed by atoms with Gasteiger partial charge in [-0.3, -0.25) is 0 Å². The molecule has 76 valence electrons. The SMILES string of the molecule is O=C([O-])c1c(I)c(I)c(I)c(I)c1I. The molecule has 0 fully saturated rings. The average molecular weight is 751 g/mol. The van der Waals surface area contributed by atoms with E-state index < -0.39 is 5.97 Å². The Hall–Kier alpha value is 2.34. The summed E-state index contributed by atoms with van der Waals surface area (Å²) >= 11 is 10.6. The first kappa shape index (κ1) is 14.4. The van der Waals surface area contributed by atoms with Gasteiger partial charge in [-0.2, -0.15) is 0 Å². The zero-order valence-corrected chi connectivity index (χ0v) is 17.0. The summed E-state index contributed by atoms with van der Waals surface area (Å²) in [6, 6.07) is 0. The zero-order chi connectivity index (χ0) is 11.0. The maximum absolute atomic E-state index is 10.9. The lowest BCUT2D eigenvalue weighted by Gasteiger charge is -2.14. The van der Waals surface area contributed by atoms with Gasteiger partial charge in [0.1, 0.15) is 0 Å². The number of benzene rings is 1. The van der Waals surface area contributed by atoms with E-state index in [1.807, 2.05) is 45.2 Å². The third kappa shape index (κ3) is 2.77. The first-order valence-electron chi connectivity index (χ1n) is 3.10. The average Bonchev–Trinajstić information content (AvgIpc) is 2.11. The number of carbonyl (C=O) groups is 1. The van der Waals surface area contributed by atoms with Crippen molar-refractivity contribution in [3.63, 3.8) is 0 Å². The smallest absolute Gasteiger partial charge is 0.0737 e. The van der Waals surface area contributed by atoms with E-state index in [0.29, 0.717) is 5.56 Å². The lowest BCUT2D eigenvalue weighted by Crippen LogP contribution is -2.26. The van der Waals surface area contributed by atoms with Gasteiger partial charge in [0.15, 0.2) is 0 Å². The number of carboxylic acids is 1. The molecule has 0 bridgehead atoms. The van der Waals surface area contributed by atoms with Crippen LogP contribution in [0.3, 0.4) is 0 Å². The molecule has 14 heavy (non-hydrogen) atoms. The molecule has 0 saturated heterocycles. The number of aromatic carboxylic acids is 1.